The molecule has 0 heterocycles. The molecule has 0 spiro atoms. The highest BCUT2D eigenvalue weighted by Crippen LogP contribution is 2.28. The van der Waals surface area contributed by atoms with Crippen molar-refractivity contribution in [3.63, 3.8) is 0 Å². The summed E-state index contributed by atoms with van der Waals surface area (Å²) in [6.07, 6.45) is 0. The Hall–Kier alpha value is -1.36. The molecule has 0 saturated carbocycles. The lowest BCUT2D eigenvalue weighted by atomic mass is 10.1. The van der Waals surface area contributed by atoms with Gasteiger partial charge in [-0.2, -0.15) is 8.78 Å². The van der Waals surface area contributed by atoms with Gasteiger partial charge in [0.1, 0.15) is 5.75 Å². The minimum atomic E-state index is -2.99. The van der Waals surface area contributed by atoms with E-state index >= 15 is 0 Å². The molecular weight excluding hydrogens is 240 g/mol. The van der Waals surface area contributed by atoms with Crippen LogP contribution in [0.4, 0.5) is 14.5 Å². The number of benzene rings is 1. The minimum absolute atomic E-state index is 0.0839. The zero-order chi connectivity index (χ0) is 12.3. The first-order valence-corrected chi connectivity index (χ1v) is 4.88. The highest BCUT2D eigenvalue weighted by Gasteiger charge is 2.18. The van der Waals surface area contributed by atoms with Gasteiger partial charge in [0.15, 0.2) is 5.78 Å². The fourth-order valence-electron chi connectivity index (χ4n) is 1.17. The molecule has 2 N–H and O–H groups in total. The van der Waals surface area contributed by atoms with E-state index in [1.807, 2.05) is 0 Å². The predicted molar refractivity (Wildman–Crippen MR) is 57.1 cm³/mol. The molecule has 0 aliphatic rings. The molecule has 6 heteroatoms. The van der Waals surface area contributed by atoms with Crippen molar-refractivity contribution in [2.24, 2.45) is 0 Å². The maximum atomic E-state index is 12.0. The van der Waals surface area contributed by atoms with Crippen LogP contribution in [-0.2, 0) is 0 Å². The van der Waals surface area contributed by atoms with Gasteiger partial charge in [-0.1, -0.05) is 6.07 Å². The number of hydrogen-bond acceptors (Lipinski definition) is 3. The van der Waals surface area contributed by atoms with Gasteiger partial charge in [0.25, 0.3) is 0 Å². The summed E-state index contributed by atoms with van der Waals surface area (Å²) in [6.45, 7) is -1.51. The third-order valence-electron chi connectivity index (χ3n) is 1.91. The Morgan fingerprint density at radius 3 is 2.62 bits per heavy atom. The quantitative estimate of drug-likeness (QED) is 0.507. The summed E-state index contributed by atoms with van der Waals surface area (Å²) in [6, 6.07) is 4.08. The van der Waals surface area contributed by atoms with Crippen molar-refractivity contribution in [2.45, 2.75) is 18.9 Å². The third-order valence-corrected chi connectivity index (χ3v) is 2.11. The number of hydrogen-bond donors (Lipinski definition) is 1. The van der Waals surface area contributed by atoms with Gasteiger partial charge < -0.3 is 10.5 Å². The number of anilines is 1. The molecule has 0 bridgehead atoms. The number of halogens is 3. The summed E-state index contributed by atoms with van der Waals surface area (Å²) in [5, 5.41) is -0.774. The summed E-state index contributed by atoms with van der Waals surface area (Å²) >= 11 is 5.60. The second-order valence-electron chi connectivity index (χ2n) is 3.08. The Morgan fingerprint density at radius 2 is 2.12 bits per heavy atom. The summed E-state index contributed by atoms with van der Waals surface area (Å²) < 4.78 is 28.2. The van der Waals surface area contributed by atoms with Crippen LogP contribution in [0.5, 0.6) is 5.75 Å². The molecule has 1 aromatic carbocycles. The number of carbonyl (C=O) groups excluding carboxylic acids is 1. The van der Waals surface area contributed by atoms with Gasteiger partial charge >= 0.3 is 6.61 Å². The van der Waals surface area contributed by atoms with Crippen molar-refractivity contribution < 1.29 is 18.3 Å². The van der Waals surface area contributed by atoms with E-state index in [1.165, 1.54) is 25.1 Å². The number of nitrogens with two attached hydrogens (primary N) is 1. The molecule has 1 aromatic rings. The topological polar surface area (TPSA) is 52.3 Å². The Morgan fingerprint density at radius 1 is 1.50 bits per heavy atom. The Labute approximate surface area is 96.1 Å². The fourth-order valence-corrected chi connectivity index (χ4v) is 1.29. The molecule has 0 saturated heterocycles. The normalized spacial score (nSPS) is 12.6. The zero-order valence-electron chi connectivity index (χ0n) is 8.41. The van der Waals surface area contributed by atoms with E-state index in [2.05, 4.69) is 4.74 Å². The fraction of sp³-hybridized carbons (Fsp3) is 0.300. The van der Waals surface area contributed by atoms with Crippen LogP contribution in [0.2, 0.25) is 0 Å². The van der Waals surface area contributed by atoms with Gasteiger partial charge in [-0.15, -0.1) is 11.6 Å². The van der Waals surface area contributed by atoms with Crippen molar-refractivity contribution >= 4 is 23.1 Å². The summed E-state index contributed by atoms with van der Waals surface area (Å²) in [4.78, 5) is 11.5. The molecule has 0 fully saturated rings. The third kappa shape index (κ3) is 2.82. The van der Waals surface area contributed by atoms with Gasteiger partial charge in [-0.25, -0.2) is 0 Å². The average Bonchev–Trinajstić information content (AvgIpc) is 2.19. The van der Waals surface area contributed by atoms with Crippen LogP contribution >= 0.6 is 11.6 Å². The van der Waals surface area contributed by atoms with Gasteiger partial charge in [0, 0.05) is 5.56 Å². The molecule has 0 aromatic heterocycles. The molecule has 0 aliphatic heterocycles. The van der Waals surface area contributed by atoms with Crippen LogP contribution in [0.15, 0.2) is 18.2 Å². The molecule has 88 valence electrons. The monoisotopic (exact) mass is 249 g/mol. The van der Waals surface area contributed by atoms with E-state index in [9.17, 15) is 13.6 Å². The molecule has 1 rings (SSSR count). The van der Waals surface area contributed by atoms with Crippen LogP contribution in [0.25, 0.3) is 0 Å². The molecular formula is C10H10ClF2NO2. The second kappa shape index (κ2) is 5.12. The van der Waals surface area contributed by atoms with E-state index in [1.54, 1.807) is 0 Å². The highest BCUT2D eigenvalue weighted by molar-refractivity contribution is 6.34. The summed E-state index contributed by atoms with van der Waals surface area (Å²) in [5.74, 6) is -0.656. The van der Waals surface area contributed by atoms with E-state index in [0.29, 0.717) is 0 Å². The van der Waals surface area contributed by atoms with Crippen LogP contribution in [0.1, 0.15) is 17.3 Å². The van der Waals surface area contributed by atoms with E-state index in [4.69, 9.17) is 17.3 Å². The molecule has 0 radical (unpaired) electrons. The van der Waals surface area contributed by atoms with E-state index in [-0.39, 0.29) is 17.0 Å². The maximum Gasteiger partial charge on any atom is 0.387 e. The Balaban J connectivity index is 3.08. The van der Waals surface area contributed by atoms with Crippen molar-refractivity contribution in [3.05, 3.63) is 23.8 Å². The van der Waals surface area contributed by atoms with Gasteiger partial charge in [0.05, 0.1) is 11.1 Å². The summed E-state index contributed by atoms with van der Waals surface area (Å²) in [7, 11) is 0. The average molecular weight is 250 g/mol. The van der Waals surface area contributed by atoms with Crippen molar-refractivity contribution in [1.82, 2.24) is 0 Å². The molecule has 0 amide bonds. The van der Waals surface area contributed by atoms with Gasteiger partial charge in [0.2, 0.25) is 0 Å². The summed E-state index contributed by atoms with van der Waals surface area (Å²) in [5.41, 5.74) is 5.49. The standard InChI is InChI=1S/C10H10ClF2NO2/c1-5(11)9(15)6-3-2-4-7(8(6)14)16-10(12)13/h2-5,10H,14H2,1H3. The van der Waals surface area contributed by atoms with E-state index in [0.717, 1.165) is 0 Å². The minimum Gasteiger partial charge on any atom is -0.433 e. The molecule has 16 heavy (non-hydrogen) atoms. The molecule has 1 unspecified atom stereocenters. The number of rotatable bonds is 4. The van der Waals surface area contributed by atoms with Crippen molar-refractivity contribution in [3.8, 4) is 5.75 Å². The first-order valence-electron chi connectivity index (χ1n) is 4.45. The Bertz CT molecular complexity index is 396. The SMILES string of the molecule is CC(Cl)C(=O)c1cccc(OC(F)F)c1N. The van der Waals surface area contributed by atoms with E-state index < -0.39 is 17.8 Å². The highest BCUT2D eigenvalue weighted by atomic mass is 35.5. The Kier molecular flexibility index (Phi) is 4.06. The van der Waals surface area contributed by atoms with Crippen LogP contribution in [-0.4, -0.2) is 17.8 Å². The number of Topliss-reactive ketones (excluding diaryl/α,β-unsaturated/α-hetero) is 1. The lowest BCUT2D eigenvalue weighted by Gasteiger charge is -2.11. The lowest BCUT2D eigenvalue weighted by Crippen LogP contribution is -2.14. The van der Waals surface area contributed by atoms with Gasteiger partial charge in [-0.05, 0) is 19.1 Å². The predicted octanol–water partition coefficient (Wildman–Crippen LogP) is 2.68. The second-order valence-corrected chi connectivity index (χ2v) is 3.73. The molecule has 1 atom stereocenters. The smallest absolute Gasteiger partial charge is 0.387 e. The van der Waals surface area contributed by atoms with Crippen molar-refractivity contribution in [2.75, 3.05) is 5.73 Å². The number of nitrogen functional groups attached to an aromatic ring is 1. The first kappa shape index (κ1) is 12.7. The lowest BCUT2D eigenvalue weighted by molar-refractivity contribution is -0.0493. The molecule has 3 nitrogen and oxygen atoms in total. The number of alkyl halides is 3. The largest absolute Gasteiger partial charge is 0.433 e. The van der Waals surface area contributed by atoms with Gasteiger partial charge in [-0.3, -0.25) is 4.79 Å². The molecule has 0 aliphatic carbocycles. The van der Waals surface area contributed by atoms with Crippen LogP contribution in [0, 0.1) is 0 Å². The number of carbonyl (C=O) groups is 1. The number of ether oxygens (including phenoxy) is 1. The maximum absolute atomic E-state index is 12.0. The van der Waals surface area contributed by atoms with Crippen LogP contribution < -0.4 is 10.5 Å². The van der Waals surface area contributed by atoms with Crippen molar-refractivity contribution in [1.29, 1.82) is 0 Å². The zero-order valence-corrected chi connectivity index (χ0v) is 9.17. The number of ketones is 1. The number of para-hydroxylation sites is 1. The first-order chi connectivity index (χ1) is 7.43. The van der Waals surface area contributed by atoms with Crippen LogP contribution in [0.3, 0.4) is 0 Å².